The first-order valence-electron chi connectivity index (χ1n) is 4.34. The van der Waals surface area contributed by atoms with E-state index in [9.17, 15) is 9.59 Å². The van der Waals surface area contributed by atoms with Crippen LogP contribution in [0.3, 0.4) is 0 Å². The number of hydrogen-bond acceptors (Lipinski definition) is 5. The minimum atomic E-state index is -0.489. The number of rotatable bonds is 3. The van der Waals surface area contributed by atoms with E-state index in [-0.39, 0.29) is 11.4 Å². The summed E-state index contributed by atoms with van der Waals surface area (Å²) in [6.45, 7) is 3.44. The molecule has 14 heavy (non-hydrogen) atoms. The van der Waals surface area contributed by atoms with Crippen molar-refractivity contribution in [2.75, 3.05) is 18.1 Å². The molecule has 0 N–H and O–H groups in total. The van der Waals surface area contributed by atoms with Gasteiger partial charge in [-0.2, -0.15) is 0 Å². The first kappa shape index (κ1) is 11.7. The largest absolute Gasteiger partial charge is 0.462 e. The lowest BCUT2D eigenvalue weighted by molar-refractivity contribution is -0.139. The van der Waals surface area contributed by atoms with Gasteiger partial charge in [0, 0.05) is 11.5 Å². The van der Waals surface area contributed by atoms with E-state index in [4.69, 9.17) is 4.74 Å². The number of esters is 1. The SMILES string of the molecule is CCOC(=O)C(C(C)=O)=C1SCCS1. The van der Waals surface area contributed by atoms with Gasteiger partial charge in [0.25, 0.3) is 0 Å². The minimum Gasteiger partial charge on any atom is -0.462 e. The van der Waals surface area contributed by atoms with Gasteiger partial charge in [-0.15, -0.1) is 23.5 Å². The number of ether oxygens (including phenoxy) is 1. The fourth-order valence-corrected chi connectivity index (χ4v) is 3.64. The second-order valence-corrected chi connectivity index (χ2v) is 5.10. The first-order chi connectivity index (χ1) is 6.66. The van der Waals surface area contributed by atoms with E-state index < -0.39 is 5.97 Å². The summed E-state index contributed by atoms with van der Waals surface area (Å²) in [4.78, 5) is 22.7. The molecular formula is C9H12O3S2. The highest BCUT2D eigenvalue weighted by Gasteiger charge is 2.24. The van der Waals surface area contributed by atoms with E-state index in [0.717, 1.165) is 15.7 Å². The summed E-state index contributed by atoms with van der Waals surface area (Å²) >= 11 is 3.11. The van der Waals surface area contributed by atoms with Gasteiger partial charge >= 0.3 is 5.97 Å². The molecule has 0 radical (unpaired) electrons. The van der Waals surface area contributed by atoms with E-state index in [2.05, 4.69) is 0 Å². The molecule has 0 saturated carbocycles. The third-order valence-corrected chi connectivity index (χ3v) is 4.30. The number of hydrogen-bond donors (Lipinski definition) is 0. The van der Waals surface area contributed by atoms with E-state index in [1.807, 2.05) is 0 Å². The number of ketones is 1. The van der Waals surface area contributed by atoms with Gasteiger partial charge in [-0.05, 0) is 13.8 Å². The maximum atomic E-state index is 11.4. The van der Waals surface area contributed by atoms with Crippen molar-refractivity contribution in [2.45, 2.75) is 13.8 Å². The van der Waals surface area contributed by atoms with Gasteiger partial charge in [0.15, 0.2) is 5.78 Å². The second-order valence-electron chi connectivity index (χ2n) is 2.64. The van der Waals surface area contributed by atoms with Crippen molar-refractivity contribution in [3.05, 3.63) is 9.81 Å². The van der Waals surface area contributed by atoms with Crippen molar-refractivity contribution >= 4 is 35.3 Å². The van der Waals surface area contributed by atoms with Gasteiger partial charge in [0.1, 0.15) is 5.57 Å². The van der Waals surface area contributed by atoms with Gasteiger partial charge in [0.05, 0.1) is 10.8 Å². The Morgan fingerprint density at radius 1 is 1.36 bits per heavy atom. The smallest absolute Gasteiger partial charge is 0.343 e. The Kier molecular flexibility index (Phi) is 4.54. The highest BCUT2D eigenvalue weighted by atomic mass is 32.2. The molecule has 0 aromatic heterocycles. The normalized spacial score (nSPS) is 15.4. The highest BCUT2D eigenvalue weighted by Crippen LogP contribution is 2.39. The van der Waals surface area contributed by atoms with Gasteiger partial charge in [-0.3, -0.25) is 4.79 Å². The fourth-order valence-electron chi connectivity index (χ4n) is 1.03. The molecule has 78 valence electrons. The van der Waals surface area contributed by atoms with Gasteiger partial charge < -0.3 is 4.74 Å². The maximum absolute atomic E-state index is 11.4. The molecular weight excluding hydrogens is 220 g/mol. The standard InChI is InChI=1S/C9H12O3S2/c1-3-12-8(11)7(6(2)10)9-13-4-5-14-9/h3-5H2,1-2H3. The topological polar surface area (TPSA) is 43.4 Å². The van der Waals surface area contributed by atoms with E-state index in [1.54, 1.807) is 30.4 Å². The molecule has 0 spiro atoms. The number of thioether (sulfide) groups is 2. The van der Waals surface area contributed by atoms with Crippen LogP contribution in [-0.2, 0) is 14.3 Å². The summed E-state index contributed by atoms with van der Waals surface area (Å²) in [5, 5.41) is 0. The summed E-state index contributed by atoms with van der Waals surface area (Å²) in [6, 6.07) is 0. The Labute approximate surface area is 91.6 Å². The Balaban J connectivity index is 2.88. The summed E-state index contributed by atoms with van der Waals surface area (Å²) in [7, 11) is 0. The Bertz CT molecular complexity index is 276. The Morgan fingerprint density at radius 3 is 2.36 bits per heavy atom. The average molecular weight is 232 g/mol. The van der Waals surface area contributed by atoms with Crippen molar-refractivity contribution in [1.29, 1.82) is 0 Å². The molecule has 1 rings (SSSR count). The number of carbonyl (C=O) groups is 2. The van der Waals surface area contributed by atoms with E-state index in [0.29, 0.717) is 6.61 Å². The van der Waals surface area contributed by atoms with E-state index >= 15 is 0 Å². The molecule has 0 aliphatic carbocycles. The molecule has 0 amide bonds. The molecule has 0 atom stereocenters. The van der Waals surface area contributed by atoms with Crippen LogP contribution in [0.5, 0.6) is 0 Å². The van der Waals surface area contributed by atoms with Crippen LogP contribution in [0.15, 0.2) is 9.81 Å². The molecule has 1 saturated heterocycles. The second kappa shape index (κ2) is 5.46. The molecule has 1 aliphatic heterocycles. The van der Waals surface area contributed by atoms with Gasteiger partial charge in [-0.25, -0.2) is 4.79 Å². The van der Waals surface area contributed by atoms with Crippen molar-refractivity contribution in [3.8, 4) is 0 Å². The van der Waals surface area contributed by atoms with Crippen LogP contribution in [0.1, 0.15) is 13.8 Å². The van der Waals surface area contributed by atoms with Crippen LogP contribution in [-0.4, -0.2) is 29.9 Å². The number of Topliss-reactive ketones (excluding diaryl/α,β-unsaturated/α-hetero) is 1. The molecule has 1 heterocycles. The van der Waals surface area contributed by atoms with Crippen molar-refractivity contribution in [2.24, 2.45) is 0 Å². The molecule has 1 fully saturated rings. The van der Waals surface area contributed by atoms with Crippen LogP contribution < -0.4 is 0 Å². The highest BCUT2D eigenvalue weighted by molar-refractivity contribution is 8.25. The predicted molar refractivity (Wildman–Crippen MR) is 59.3 cm³/mol. The summed E-state index contributed by atoms with van der Waals surface area (Å²) in [5.41, 5.74) is 0.222. The van der Waals surface area contributed by atoms with Crippen LogP contribution >= 0.6 is 23.5 Å². The van der Waals surface area contributed by atoms with Crippen molar-refractivity contribution in [1.82, 2.24) is 0 Å². The Morgan fingerprint density at radius 2 is 1.93 bits per heavy atom. The molecule has 0 aromatic rings. The summed E-state index contributed by atoms with van der Waals surface area (Å²) < 4.78 is 5.65. The summed E-state index contributed by atoms with van der Waals surface area (Å²) in [5.74, 6) is 1.21. The summed E-state index contributed by atoms with van der Waals surface area (Å²) in [6.07, 6.45) is 0. The van der Waals surface area contributed by atoms with Crippen LogP contribution in [0.4, 0.5) is 0 Å². The average Bonchev–Trinajstić information content (AvgIpc) is 2.57. The molecule has 1 aliphatic rings. The monoisotopic (exact) mass is 232 g/mol. The maximum Gasteiger partial charge on any atom is 0.343 e. The van der Waals surface area contributed by atoms with Crippen LogP contribution in [0.25, 0.3) is 0 Å². The lowest BCUT2D eigenvalue weighted by Gasteiger charge is -2.05. The lowest BCUT2D eigenvalue weighted by Crippen LogP contribution is -2.14. The molecule has 0 unspecified atom stereocenters. The Hall–Kier alpha value is -0.420. The van der Waals surface area contributed by atoms with Crippen molar-refractivity contribution < 1.29 is 14.3 Å². The zero-order valence-corrected chi connectivity index (χ0v) is 9.80. The van der Waals surface area contributed by atoms with Gasteiger partial charge in [-0.1, -0.05) is 0 Å². The lowest BCUT2D eigenvalue weighted by atomic mass is 10.2. The third-order valence-electron chi connectivity index (χ3n) is 1.59. The van der Waals surface area contributed by atoms with Crippen LogP contribution in [0, 0.1) is 0 Å². The molecule has 0 bridgehead atoms. The quantitative estimate of drug-likeness (QED) is 0.321. The van der Waals surface area contributed by atoms with Crippen LogP contribution in [0.2, 0.25) is 0 Å². The third kappa shape index (κ3) is 2.78. The molecule has 3 nitrogen and oxygen atoms in total. The minimum absolute atomic E-state index is 0.208. The first-order valence-corrected chi connectivity index (χ1v) is 6.31. The predicted octanol–water partition coefficient (Wildman–Crippen LogP) is 1.83. The fraction of sp³-hybridized carbons (Fsp3) is 0.556. The van der Waals surface area contributed by atoms with Gasteiger partial charge in [0.2, 0.25) is 0 Å². The molecule has 5 heteroatoms. The zero-order chi connectivity index (χ0) is 10.6. The molecule has 0 aromatic carbocycles. The van der Waals surface area contributed by atoms with Crippen molar-refractivity contribution in [3.63, 3.8) is 0 Å². The number of carbonyl (C=O) groups excluding carboxylic acids is 2. The zero-order valence-electron chi connectivity index (χ0n) is 8.16. The van der Waals surface area contributed by atoms with E-state index in [1.165, 1.54) is 6.92 Å².